The molecule has 1 aromatic heterocycles. The highest BCUT2D eigenvalue weighted by Gasteiger charge is 2.35. The van der Waals surface area contributed by atoms with Gasteiger partial charge in [0.05, 0.1) is 5.92 Å². The van der Waals surface area contributed by atoms with E-state index in [1.807, 2.05) is 43.3 Å². The van der Waals surface area contributed by atoms with Gasteiger partial charge >= 0.3 is 0 Å². The summed E-state index contributed by atoms with van der Waals surface area (Å²) in [5.74, 6) is 1.12. The number of carbonyl (C=O) groups excluding carboxylic acids is 1. The summed E-state index contributed by atoms with van der Waals surface area (Å²) < 4.78 is 5.46. The predicted molar refractivity (Wildman–Crippen MR) is 100 cm³/mol. The molecule has 1 saturated heterocycles. The predicted octanol–water partition coefficient (Wildman–Crippen LogP) is 4.13. The lowest BCUT2D eigenvalue weighted by Crippen LogP contribution is -2.24. The smallest absolute Gasteiger partial charge is 0.232 e. The number of hydrogen-bond acceptors (Lipinski definition) is 4. The van der Waals surface area contributed by atoms with Crippen LogP contribution >= 0.6 is 0 Å². The van der Waals surface area contributed by atoms with Crippen LogP contribution < -0.4 is 4.90 Å². The van der Waals surface area contributed by atoms with Gasteiger partial charge in [0.15, 0.2) is 0 Å². The number of aryl methyl sites for hydroxylation is 2. The standard InChI is InChI=1S/C21H21N3O2/c1-3-15-6-10-18(11-7-15)24-13-17(12-19(24)25)21-22-20(23-26-21)16-8-4-14(2)5-9-16/h4-11,17H,3,12-13H2,1-2H3/t17-/m1/s1. The fourth-order valence-corrected chi connectivity index (χ4v) is 3.26. The summed E-state index contributed by atoms with van der Waals surface area (Å²) in [4.78, 5) is 18.8. The van der Waals surface area contributed by atoms with Crippen molar-refractivity contribution in [1.82, 2.24) is 10.1 Å². The number of hydrogen-bond donors (Lipinski definition) is 0. The molecule has 26 heavy (non-hydrogen) atoms. The molecule has 0 unspecified atom stereocenters. The summed E-state index contributed by atoms with van der Waals surface area (Å²) in [5, 5.41) is 4.09. The van der Waals surface area contributed by atoms with Crippen LogP contribution in [0.3, 0.4) is 0 Å². The first-order valence-corrected chi connectivity index (χ1v) is 8.94. The first-order valence-electron chi connectivity index (χ1n) is 8.94. The minimum atomic E-state index is -0.0694. The van der Waals surface area contributed by atoms with E-state index in [9.17, 15) is 4.79 Å². The summed E-state index contributed by atoms with van der Waals surface area (Å²) in [6.07, 6.45) is 1.38. The second-order valence-corrected chi connectivity index (χ2v) is 6.75. The van der Waals surface area contributed by atoms with Gasteiger partial charge in [-0.2, -0.15) is 4.98 Å². The van der Waals surface area contributed by atoms with Gasteiger partial charge in [-0.3, -0.25) is 4.79 Å². The molecule has 0 saturated carbocycles. The van der Waals surface area contributed by atoms with Gasteiger partial charge in [-0.25, -0.2) is 0 Å². The molecule has 132 valence electrons. The zero-order valence-electron chi connectivity index (χ0n) is 15.0. The second-order valence-electron chi connectivity index (χ2n) is 6.75. The summed E-state index contributed by atoms with van der Waals surface area (Å²) in [5.41, 5.74) is 4.29. The van der Waals surface area contributed by atoms with Gasteiger partial charge < -0.3 is 9.42 Å². The SMILES string of the molecule is CCc1ccc(N2C[C@H](c3nc(-c4ccc(C)cc4)no3)CC2=O)cc1. The zero-order chi connectivity index (χ0) is 18.1. The maximum Gasteiger partial charge on any atom is 0.232 e. The van der Waals surface area contributed by atoms with Crippen LogP contribution in [0.5, 0.6) is 0 Å². The molecule has 0 bridgehead atoms. The van der Waals surface area contributed by atoms with Crippen molar-refractivity contribution >= 4 is 11.6 Å². The van der Waals surface area contributed by atoms with Crippen molar-refractivity contribution in [2.24, 2.45) is 0 Å². The van der Waals surface area contributed by atoms with Crippen molar-refractivity contribution in [3.8, 4) is 11.4 Å². The number of benzene rings is 2. The Morgan fingerprint density at radius 1 is 1.12 bits per heavy atom. The number of nitrogens with zero attached hydrogens (tertiary/aromatic N) is 3. The third kappa shape index (κ3) is 3.12. The van der Waals surface area contributed by atoms with Crippen LogP contribution in [-0.4, -0.2) is 22.6 Å². The highest BCUT2D eigenvalue weighted by Crippen LogP contribution is 2.32. The van der Waals surface area contributed by atoms with Crippen molar-refractivity contribution in [1.29, 1.82) is 0 Å². The highest BCUT2D eigenvalue weighted by molar-refractivity contribution is 5.96. The van der Waals surface area contributed by atoms with Gasteiger partial charge in [0.2, 0.25) is 17.6 Å². The molecule has 1 amide bonds. The van der Waals surface area contributed by atoms with E-state index in [-0.39, 0.29) is 11.8 Å². The minimum absolute atomic E-state index is 0.0694. The number of carbonyl (C=O) groups is 1. The van der Waals surface area contributed by atoms with E-state index in [0.717, 1.165) is 17.7 Å². The Balaban J connectivity index is 1.52. The van der Waals surface area contributed by atoms with Gasteiger partial charge in [-0.05, 0) is 31.0 Å². The van der Waals surface area contributed by atoms with Gasteiger partial charge in [0.1, 0.15) is 0 Å². The Hall–Kier alpha value is -2.95. The monoisotopic (exact) mass is 347 g/mol. The first-order chi connectivity index (χ1) is 12.6. The van der Waals surface area contributed by atoms with Crippen LogP contribution in [0.2, 0.25) is 0 Å². The van der Waals surface area contributed by atoms with Crippen molar-refractivity contribution in [3.63, 3.8) is 0 Å². The van der Waals surface area contributed by atoms with Crippen molar-refractivity contribution in [2.45, 2.75) is 32.6 Å². The van der Waals surface area contributed by atoms with Crippen molar-refractivity contribution in [2.75, 3.05) is 11.4 Å². The summed E-state index contributed by atoms with van der Waals surface area (Å²) in [6.45, 7) is 4.73. The zero-order valence-corrected chi connectivity index (χ0v) is 15.0. The van der Waals surface area contributed by atoms with Gasteiger partial charge in [-0.15, -0.1) is 0 Å². The maximum atomic E-state index is 12.5. The number of amides is 1. The lowest BCUT2D eigenvalue weighted by atomic mass is 10.1. The number of aromatic nitrogens is 2. The Kier molecular flexibility index (Phi) is 4.29. The van der Waals surface area contributed by atoms with Crippen LogP contribution in [0, 0.1) is 6.92 Å². The molecule has 1 aliphatic rings. The first kappa shape index (κ1) is 16.5. The Morgan fingerprint density at radius 2 is 1.85 bits per heavy atom. The fraction of sp³-hybridized carbons (Fsp3) is 0.286. The Labute approximate surface area is 152 Å². The average molecular weight is 347 g/mol. The minimum Gasteiger partial charge on any atom is -0.339 e. The van der Waals surface area contributed by atoms with Crippen molar-refractivity contribution < 1.29 is 9.32 Å². The van der Waals surface area contributed by atoms with E-state index in [1.165, 1.54) is 11.1 Å². The average Bonchev–Trinajstić information content (AvgIpc) is 3.29. The summed E-state index contributed by atoms with van der Waals surface area (Å²) in [6, 6.07) is 16.1. The van der Waals surface area contributed by atoms with E-state index in [4.69, 9.17) is 4.52 Å². The quantitative estimate of drug-likeness (QED) is 0.712. The van der Waals surface area contributed by atoms with E-state index in [1.54, 1.807) is 4.90 Å². The molecule has 1 aliphatic heterocycles. The maximum absolute atomic E-state index is 12.5. The molecule has 0 radical (unpaired) electrons. The molecule has 0 aliphatic carbocycles. The Bertz CT molecular complexity index is 913. The van der Waals surface area contributed by atoms with Crippen molar-refractivity contribution in [3.05, 3.63) is 65.5 Å². The summed E-state index contributed by atoms with van der Waals surface area (Å²) in [7, 11) is 0. The number of rotatable bonds is 4. The van der Waals surface area contributed by atoms with Gasteiger partial charge in [0, 0.05) is 24.2 Å². The third-order valence-corrected chi connectivity index (χ3v) is 4.88. The molecule has 2 aromatic carbocycles. The van der Waals surface area contributed by atoms with Crippen LogP contribution in [-0.2, 0) is 11.2 Å². The molecule has 3 aromatic rings. The van der Waals surface area contributed by atoms with Crippen LogP contribution in [0.4, 0.5) is 5.69 Å². The molecule has 0 N–H and O–H groups in total. The molecular weight excluding hydrogens is 326 g/mol. The molecule has 4 rings (SSSR count). The van der Waals surface area contributed by atoms with Crippen LogP contribution in [0.15, 0.2) is 53.1 Å². The van der Waals surface area contributed by atoms with E-state index >= 15 is 0 Å². The normalized spacial score (nSPS) is 17.1. The lowest BCUT2D eigenvalue weighted by Gasteiger charge is -2.16. The molecule has 5 nitrogen and oxygen atoms in total. The molecule has 2 heterocycles. The molecule has 5 heteroatoms. The van der Waals surface area contributed by atoms with E-state index < -0.39 is 0 Å². The molecule has 0 spiro atoms. The highest BCUT2D eigenvalue weighted by atomic mass is 16.5. The third-order valence-electron chi connectivity index (χ3n) is 4.88. The van der Waals surface area contributed by atoms with Gasteiger partial charge in [-0.1, -0.05) is 54.0 Å². The van der Waals surface area contributed by atoms with Crippen LogP contribution in [0.25, 0.3) is 11.4 Å². The fourth-order valence-electron chi connectivity index (χ4n) is 3.26. The van der Waals surface area contributed by atoms with E-state index in [0.29, 0.717) is 24.7 Å². The van der Waals surface area contributed by atoms with Crippen LogP contribution in [0.1, 0.15) is 36.3 Å². The largest absolute Gasteiger partial charge is 0.339 e. The molecular formula is C21H21N3O2. The van der Waals surface area contributed by atoms with E-state index in [2.05, 4.69) is 29.2 Å². The molecule has 1 atom stereocenters. The topological polar surface area (TPSA) is 59.2 Å². The molecule has 1 fully saturated rings. The Morgan fingerprint density at radius 3 is 2.54 bits per heavy atom. The van der Waals surface area contributed by atoms with Gasteiger partial charge in [0.25, 0.3) is 0 Å². The number of anilines is 1. The summed E-state index contributed by atoms with van der Waals surface area (Å²) >= 11 is 0. The second kappa shape index (κ2) is 6.75. The lowest BCUT2D eigenvalue weighted by molar-refractivity contribution is -0.117.